The lowest BCUT2D eigenvalue weighted by Crippen LogP contribution is -2.52. The fourth-order valence-electron chi connectivity index (χ4n) is 2.18. The minimum Gasteiger partial charge on any atom is -0.347 e. The molecule has 0 atom stereocenters. The van der Waals surface area contributed by atoms with Crippen LogP contribution in [0, 0.1) is 12.7 Å². The number of carbonyl (C=O) groups is 1. The zero-order chi connectivity index (χ0) is 13.2. The van der Waals surface area contributed by atoms with Crippen LogP contribution in [0.1, 0.15) is 35.7 Å². The van der Waals surface area contributed by atoms with Gasteiger partial charge in [-0.15, -0.1) is 0 Å². The molecule has 0 aromatic heterocycles. The van der Waals surface area contributed by atoms with E-state index in [2.05, 4.69) is 10.6 Å². The second-order valence-electron chi connectivity index (χ2n) is 5.23. The second-order valence-corrected chi connectivity index (χ2v) is 5.23. The number of amides is 1. The minimum absolute atomic E-state index is 0.191. The maximum atomic E-state index is 13.4. The molecule has 1 aliphatic heterocycles. The molecule has 0 unspecified atom stereocenters. The van der Waals surface area contributed by atoms with Gasteiger partial charge in [0.2, 0.25) is 0 Å². The molecule has 1 amide bonds. The molecule has 98 valence electrons. The maximum absolute atomic E-state index is 13.4. The molecule has 0 spiro atoms. The fourth-order valence-corrected chi connectivity index (χ4v) is 2.18. The summed E-state index contributed by atoms with van der Waals surface area (Å²) in [5.74, 6) is -0.531. The zero-order valence-corrected chi connectivity index (χ0v) is 10.8. The van der Waals surface area contributed by atoms with Gasteiger partial charge in [-0.1, -0.05) is 6.07 Å². The smallest absolute Gasteiger partial charge is 0.251 e. The van der Waals surface area contributed by atoms with Crippen LogP contribution in [-0.2, 0) is 0 Å². The Morgan fingerprint density at radius 2 is 2.06 bits per heavy atom. The number of hydrogen-bond acceptors (Lipinski definition) is 2. The van der Waals surface area contributed by atoms with E-state index in [1.807, 2.05) is 6.92 Å². The van der Waals surface area contributed by atoms with Crippen LogP contribution in [0.3, 0.4) is 0 Å². The predicted molar refractivity (Wildman–Crippen MR) is 69.1 cm³/mol. The molecule has 0 radical (unpaired) electrons. The van der Waals surface area contributed by atoms with Crippen molar-refractivity contribution >= 4 is 5.91 Å². The molecular weight excluding hydrogens is 231 g/mol. The van der Waals surface area contributed by atoms with Crippen molar-refractivity contribution in [1.29, 1.82) is 0 Å². The first kappa shape index (κ1) is 13.0. The Hall–Kier alpha value is -1.42. The van der Waals surface area contributed by atoms with Gasteiger partial charge in [0, 0.05) is 11.1 Å². The number of nitrogens with one attached hydrogen (secondary N) is 2. The Bertz CT molecular complexity index is 453. The highest BCUT2D eigenvalue weighted by atomic mass is 19.1. The molecule has 0 aliphatic carbocycles. The summed E-state index contributed by atoms with van der Waals surface area (Å²) in [6.07, 6.45) is 1.79. The van der Waals surface area contributed by atoms with Gasteiger partial charge in [0.1, 0.15) is 5.82 Å². The number of halogens is 1. The van der Waals surface area contributed by atoms with E-state index >= 15 is 0 Å². The molecule has 4 heteroatoms. The number of aryl methyl sites for hydroxylation is 1. The lowest BCUT2D eigenvalue weighted by molar-refractivity contribution is 0.0887. The molecular formula is C14H19FN2O. The number of rotatable bonds is 2. The van der Waals surface area contributed by atoms with Gasteiger partial charge in [-0.3, -0.25) is 4.79 Å². The van der Waals surface area contributed by atoms with Crippen LogP contribution in [0.5, 0.6) is 0 Å². The van der Waals surface area contributed by atoms with Gasteiger partial charge >= 0.3 is 0 Å². The lowest BCUT2D eigenvalue weighted by Gasteiger charge is -2.35. The molecule has 0 saturated carbocycles. The molecule has 1 aliphatic rings. The number of benzene rings is 1. The Morgan fingerprint density at radius 3 is 2.67 bits per heavy atom. The third-order valence-corrected chi connectivity index (χ3v) is 3.56. The highest BCUT2D eigenvalue weighted by Crippen LogP contribution is 2.18. The molecule has 1 aromatic carbocycles. The van der Waals surface area contributed by atoms with Crippen LogP contribution in [0.2, 0.25) is 0 Å². The first-order valence-electron chi connectivity index (χ1n) is 6.30. The van der Waals surface area contributed by atoms with Gasteiger partial charge in [-0.05, 0) is 57.5 Å². The lowest BCUT2D eigenvalue weighted by atomic mass is 9.90. The summed E-state index contributed by atoms with van der Waals surface area (Å²) in [7, 11) is 0. The van der Waals surface area contributed by atoms with Gasteiger partial charge < -0.3 is 10.6 Å². The van der Waals surface area contributed by atoms with Gasteiger partial charge in [0.15, 0.2) is 0 Å². The Labute approximate surface area is 107 Å². The van der Waals surface area contributed by atoms with Crippen LogP contribution in [0.25, 0.3) is 0 Å². The molecule has 1 heterocycles. The molecule has 3 nitrogen and oxygen atoms in total. The largest absolute Gasteiger partial charge is 0.347 e. The standard InChI is InChI=1S/C14H19FN2O/c1-10-3-4-11(9-12(10)15)13(18)17-14(2)5-7-16-8-6-14/h3-4,9,16H,5-8H2,1-2H3,(H,17,18). The van der Waals surface area contributed by atoms with Gasteiger partial charge in [-0.25, -0.2) is 4.39 Å². The second kappa shape index (κ2) is 5.06. The molecule has 18 heavy (non-hydrogen) atoms. The van der Waals surface area contributed by atoms with Crippen LogP contribution in [-0.4, -0.2) is 24.5 Å². The average Bonchev–Trinajstić information content (AvgIpc) is 2.33. The molecule has 2 N–H and O–H groups in total. The SMILES string of the molecule is Cc1ccc(C(=O)NC2(C)CCNCC2)cc1F. The van der Waals surface area contributed by atoms with Crippen LogP contribution >= 0.6 is 0 Å². The fraction of sp³-hybridized carbons (Fsp3) is 0.500. The third kappa shape index (κ3) is 2.88. The summed E-state index contributed by atoms with van der Waals surface area (Å²) < 4.78 is 13.4. The minimum atomic E-state index is -0.335. The Morgan fingerprint density at radius 1 is 1.39 bits per heavy atom. The molecule has 0 bridgehead atoms. The number of piperidine rings is 1. The van der Waals surface area contributed by atoms with Crippen molar-refractivity contribution in [3.8, 4) is 0 Å². The highest BCUT2D eigenvalue weighted by molar-refractivity contribution is 5.94. The monoisotopic (exact) mass is 250 g/mol. The van der Waals surface area contributed by atoms with E-state index in [1.54, 1.807) is 19.1 Å². The molecule has 1 fully saturated rings. The molecule has 1 aromatic rings. The van der Waals surface area contributed by atoms with Crippen LogP contribution in [0.4, 0.5) is 4.39 Å². The first-order chi connectivity index (χ1) is 8.50. The van der Waals surface area contributed by atoms with Crippen molar-refractivity contribution in [2.75, 3.05) is 13.1 Å². The van der Waals surface area contributed by atoms with E-state index in [9.17, 15) is 9.18 Å². The summed E-state index contributed by atoms with van der Waals surface area (Å²) >= 11 is 0. The number of hydrogen-bond donors (Lipinski definition) is 2. The van der Waals surface area contributed by atoms with E-state index in [1.165, 1.54) is 6.07 Å². The van der Waals surface area contributed by atoms with Crippen LogP contribution < -0.4 is 10.6 Å². The molecule has 1 saturated heterocycles. The van der Waals surface area contributed by atoms with Crippen molar-refractivity contribution in [3.05, 3.63) is 35.1 Å². The van der Waals surface area contributed by atoms with E-state index < -0.39 is 0 Å². The Kier molecular flexibility index (Phi) is 3.66. The van der Waals surface area contributed by atoms with Crippen LogP contribution in [0.15, 0.2) is 18.2 Å². The summed E-state index contributed by atoms with van der Waals surface area (Å²) in [6, 6.07) is 4.60. The van der Waals surface area contributed by atoms with Crippen molar-refractivity contribution in [3.63, 3.8) is 0 Å². The summed E-state index contributed by atoms with van der Waals surface area (Å²) in [6.45, 7) is 5.53. The van der Waals surface area contributed by atoms with E-state index in [0.29, 0.717) is 11.1 Å². The van der Waals surface area contributed by atoms with E-state index in [0.717, 1.165) is 25.9 Å². The van der Waals surface area contributed by atoms with E-state index in [4.69, 9.17) is 0 Å². The third-order valence-electron chi connectivity index (χ3n) is 3.56. The Balaban J connectivity index is 2.09. The zero-order valence-electron chi connectivity index (χ0n) is 10.8. The maximum Gasteiger partial charge on any atom is 0.251 e. The average molecular weight is 250 g/mol. The van der Waals surface area contributed by atoms with E-state index in [-0.39, 0.29) is 17.3 Å². The molecule has 2 rings (SSSR count). The van der Waals surface area contributed by atoms with Crippen molar-refractivity contribution in [1.82, 2.24) is 10.6 Å². The van der Waals surface area contributed by atoms with Crippen molar-refractivity contribution < 1.29 is 9.18 Å². The van der Waals surface area contributed by atoms with Gasteiger partial charge in [0.05, 0.1) is 0 Å². The van der Waals surface area contributed by atoms with Crippen molar-refractivity contribution in [2.24, 2.45) is 0 Å². The van der Waals surface area contributed by atoms with Crippen molar-refractivity contribution in [2.45, 2.75) is 32.2 Å². The topological polar surface area (TPSA) is 41.1 Å². The summed E-state index contributed by atoms with van der Waals surface area (Å²) in [4.78, 5) is 12.1. The summed E-state index contributed by atoms with van der Waals surface area (Å²) in [5, 5.41) is 6.27. The van der Waals surface area contributed by atoms with Gasteiger partial charge in [-0.2, -0.15) is 0 Å². The number of carbonyl (C=O) groups excluding carboxylic acids is 1. The normalized spacial score (nSPS) is 18.4. The highest BCUT2D eigenvalue weighted by Gasteiger charge is 2.28. The summed E-state index contributed by atoms with van der Waals surface area (Å²) in [5.41, 5.74) is 0.751. The van der Waals surface area contributed by atoms with Gasteiger partial charge in [0.25, 0.3) is 5.91 Å². The quantitative estimate of drug-likeness (QED) is 0.843. The first-order valence-corrected chi connectivity index (χ1v) is 6.30. The predicted octanol–water partition coefficient (Wildman–Crippen LogP) is 2.01.